The van der Waals surface area contributed by atoms with Gasteiger partial charge in [0.15, 0.2) is 1.42 Å². The molecule has 2 aliphatic rings. The van der Waals surface area contributed by atoms with Gasteiger partial charge in [0.1, 0.15) is 0 Å². The summed E-state index contributed by atoms with van der Waals surface area (Å²) in [5.74, 6) is 0. The summed E-state index contributed by atoms with van der Waals surface area (Å²) < 4.78 is 0.368. The summed E-state index contributed by atoms with van der Waals surface area (Å²) in [4.78, 5) is 3.38. The summed E-state index contributed by atoms with van der Waals surface area (Å²) >= 11 is 8.73. The highest BCUT2D eigenvalue weighted by Crippen LogP contribution is 2.65. The number of thioether (sulfide) groups is 3. The SMILES string of the molecule is CSC1(I)SC2=C(CCCC2)S1. The fourth-order valence-corrected chi connectivity index (χ4v) is 6.86. The summed E-state index contributed by atoms with van der Waals surface area (Å²) in [7, 11) is 0. The van der Waals surface area contributed by atoms with Crippen molar-refractivity contribution in [1.29, 1.82) is 0 Å². The lowest BCUT2D eigenvalue weighted by Gasteiger charge is -2.16. The van der Waals surface area contributed by atoms with Crippen molar-refractivity contribution in [2.24, 2.45) is 0 Å². The van der Waals surface area contributed by atoms with Gasteiger partial charge in [0.05, 0.1) is 0 Å². The van der Waals surface area contributed by atoms with E-state index in [0.29, 0.717) is 1.42 Å². The topological polar surface area (TPSA) is 0 Å². The Morgan fingerprint density at radius 3 is 2.17 bits per heavy atom. The predicted molar refractivity (Wildman–Crippen MR) is 70.9 cm³/mol. The van der Waals surface area contributed by atoms with E-state index < -0.39 is 0 Å². The molecule has 0 radical (unpaired) electrons. The standard InChI is InChI=1S/C8H11IS3/c1-10-8(9)11-6-4-2-3-5-7(6)12-8/h2-5H2,1H3. The van der Waals surface area contributed by atoms with Crippen LogP contribution in [0.15, 0.2) is 9.81 Å². The molecule has 12 heavy (non-hydrogen) atoms. The third kappa shape index (κ3) is 1.96. The smallest absolute Gasteiger partial charge is 0.126 e. The van der Waals surface area contributed by atoms with E-state index >= 15 is 0 Å². The molecule has 68 valence electrons. The highest BCUT2D eigenvalue weighted by Gasteiger charge is 2.38. The van der Waals surface area contributed by atoms with Gasteiger partial charge in [0.2, 0.25) is 0 Å². The molecule has 0 spiro atoms. The molecule has 4 heteroatoms. The van der Waals surface area contributed by atoms with Crippen molar-refractivity contribution in [3.63, 3.8) is 0 Å². The maximum atomic E-state index is 2.58. The fraction of sp³-hybridized carbons (Fsp3) is 0.750. The van der Waals surface area contributed by atoms with Crippen LogP contribution in [0.3, 0.4) is 0 Å². The molecule has 0 unspecified atom stereocenters. The van der Waals surface area contributed by atoms with Crippen LogP contribution in [-0.4, -0.2) is 7.67 Å². The van der Waals surface area contributed by atoms with Gasteiger partial charge < -0.3 is 0 Å². The van der Waals surface area contributed by atoms with Crippen LogP contribution in [0, 0.1) is 0 Å². The Labute approximate surface area is 100 Å². The van der Waals surface area contributed by atoms with Crippen molar-refractivity contribution in [2.75, 3.05) is 6.26 Å². The fourth-order valence-electron chi connectivity index (χ4n) is 1.46. The van der Waals surface area contributed by atoms with Gasteiger partial charge in [0.25, 0.3) is 0 Å². The second-order valence-corrected chi connectivity index (χ2v) is 11.2. The molecule has 0 saturated carbocycles. The van der Waals surface area contributed by atoms with Crippen LogP contribution in [0.5, 0.6) is 0 Å². The van der Waals surface area contributed by atoms with E-state index in [-0.39, 0.29) is 0 Å². The third-order valence-corrected chi connectivity index (χ3v) is 9.24. The Morgan fingerprint density at radius 2 is 1.75 bits per heavy atom. The van der Waals surface area contributed by atoms with Gasteiger partial charge in [-0.3, -0.25) is 0 Å². The molecule has 1 aliphatic heterocycles. The van der Waals surface area contributed by atoms with Gasteiger partial charge in [0, 0.05) is 0 Å². The highest BCUT2D eigenvalue weighted by atomic mass is 127. The Morgan fingerprint density at radius 1 is 1.25 bits per heavy atom. The first-order chi connectivity index (χ1) is 5.73. The van der Waals surface area contributed by atoms with Crippen LogP contribution in [-0.2, 0) is 0 Å². The molecule has 0 aromatic carbocycles. The molecule has 0 aromatic rings. The van der Waals surface area contributed by atoms with Gasteiger partial charge in [-0.2, -0.15) is 0 Å². The number of hydrogen-bond donors (Lipinski definition) is 0. The van der Waals surface area contributed by atoms with E-state index in [1.54, 1.807) is 9.81 Å². The van der Waals surface area contributed by atoms with Crippen LogP contribution < -0.4 is 0 Å². The zero-order valence-corrected chi connectivity index (χ0v) is 11.5. The van der Waals surface area contributed by atoms with Crippen molar-refractivity contribution >= 4 is 57.9 Å². The Balaban J connectivity index is 2.11. The van der Waals surface area contributed by atoms with Crippen LogP contribution in [0.4, 0.5) is 0 Å². The zero-order chi connectivity index (χ0) is 8.60. The Bertz CT molecular complexity index is 206. The van der Waals surface area contributed by atoms with Crippen molar-refractivity contribution in [2.45, 2.75) is 27.1 Å². The summed E-state index contributed by atoms with van der Waals surface area (Å²) in [6, 6.07) is 0. The molecule has 0 N–H and O–H groups in total. The lowest BCUT2D eigenvalue weighted by atomic mass is 10.1. The predicted octanol–water partition coefficient (Wildman–Crippen LogP) is 4.66. The van der Waals surface area contributed by atoms with Crippen LogP contribution in [0.1, 0.15) is 25.7 Å². The van der Waals surface area contributed by atoms with Gasteiger partial charge in [-0.25, -0.2) is 0 Å². The summed E-state index contributed by atoms with van der Waals surface area (Å²) in [5.41, 5.74) is 0. The first-order valence-electron chi connectivity index (χ1n) is 4.07. The van der Waals surface area contributed by atoms with E-state index in [2.05, 4.69) is 52.4 Å². The summed E-state index contributed by atoms with van der Waals surface area (Å²) in [5, 5.41) is 0. The monoisotopic (exact) mass is 330 g/mol. The molecule has 0 aromatic heterocycles. The van der Waals surface area contributed by atoms with E-state index in [1.165, 1.54) is 25.7 Å². The number of hydrogen-bond acceptors (Lipinski definition) is 3. The Hall–Kier alpha value is 1.52. The third-order valence-electron chi connectivity index (χ3n) is 2.10. The summed E-state index contributed by atoms with van der Waals surface area (Å²) in [6.45, 7) is 0. The van der Waals surface area contributed by atoms with Gasteiger partial charge in [-0.05, 0) is 64.3 Å². The maximum Gasteiger partial charge on any atom is 0.166 e. The molecule has 0 fully saturated rings. The highest BCUT2D eigenvalue weighted by molar-refractivity contribution is 14.1. The normalized spacial score (nSPS) is 27.5. The van der Waals surface area contributed by atoms with Crippen molar-refractivity contribution < 1.29 is 0 Å². The van der Waals surface area contributed by atoms with Gasteiger partial charge in [-0.1, -0.05) is 23.5 Å². The molecular formula is C8H11IS3. The number of halogens is 1. The summed E-state index contributed by atoms with van der Waals surface area (Å²) in [6.07, 6.45) is 7.72. The van der Waals surface area contributed by atoms with Crippen LogP contribution in [0.2, 0.25) is 0 Å². The van der Waals surface area contributed by atoms with Gasteiger partial charge >= 0.3 is 0 Å². The van der Waals surface area contributed by atoms with E-state index in [9.17, 15) is 0 Å². The average molecular weight is 330 g/mol. The van der Waals surface area contributed by atoms with E-state index in [0.717, 1.165) is 0 Å². The van der Waals surface area contributed by atoms with E-state index in [1.807, 2.05) is 11.8 Å². The first kappa shape index (κ1) is 10.1. The van der Waals surface area contributed by atoms with Crippen LogP contribution >= 0.6 is 57.9 Å². The molecule has 0 amide bonds. The lowest BCUT2D eigenvalue weighted by Crippen LogP contribution is -1.96. The minimum Gasteiger partial charge on any atom is -0.126 e. The zero-order valence-electron chi connectivity index (χ0n) is 6.93. The van der Waals surface area contributed by atoms with Crippen molar-refractivity contribution in [1.82, 2.24) is 0 Å². The number of rotatable bonds is 1. The molecule has 0 nitrogen and oxygen atoms in total. The molecule has 0 saturated heterocycles. The average Bonchev–Trinajstić information content (AvgIpc) is 2.42. The number of allylic oxidation sites excluding steroid dienone is 2. The molecule has 1 heterocycles. The van der Waals surface area contributed by atoms with Gasteiger partial charge in [-0.15, -0.1) is 11.8 Å². The van der Waals surface area contributed by atoms with E-state index in [4.69, 9.17) is 0 Å². The van der Waals surface area contributed by atoms with Crippen molar-refractivity contribution in [3.05, 3.63) is 9.81 Å². The lowest BCUT2D eigenvalue weighted by molar-refractivity contribution is 0.718. The molecule has 0 atom stereocenters. The Kier molecular flexibility index (Phi) is 3.31. The van der Waals surface area contributed by atoms with Crippen molar-refractivity contribution in [3.8, 4) is 0 Å². The molecule has 1 aliphatic carbocycles. The van der Waals surface area contributed by atoms with Crippen LogP contribution in [0.25, 0.3) is 0 Å². The minimum atomic E-state index is 0.368. The maximum absolute atomic E-state index is 2.58. The second-order valence-electron chi connectivity index (χ2n) is 2.94. The molecular weight excluding hydrogens is 319 g/mol. The number of alkyl halides is 1. The molecule has 0 bridgehead atoms. The second kappa shape index (κ2) is 3.95. The minimum absolute atomic E-state index is 0.368. The first-order valence-corrected chi connectivity index (χ1v) is 8.01. The largest absolute Gasteiger partial charge is 0.166 e. The molecule has 2 rings (SSSR count). The quantitative estimate of drug-likeness (QED) is 0.507.